The van der Waals surface area contributed by atoms with Gasteiger partial charge >= 0.3 is 0 Å². The minimum absolute atomic E-state index is 0. The summed E-state index contributed by atoms with van der Waals surface area (Å²) in [6.07, 6.45) is 3.52. The third kappa shape index (κ3) is 6.32. The Morgan fingerprint density at radius 3 is 2.53 bits per heavy atom. The number of hydrogen-bond acceptors (Lipinski definition) is 6. The van der Waals surface area contributed by atoms with Gasteiger partial charge in [-0.25, -0.2) is 4.99 Å². The molecule has 0 bridgehead atoms. The fourth-order valence-electron chi connectivity index (χ4n) is 4.80. The van der Waals surface area contributed by atoms with Crippen molar-refractivity contribution in [2.75, 3.05) is 46.0 Å². The van der Waals surface area contributed by atoms with Crippen LogP contribution in [0.3, 0.4) is 0 Å². The molecule has 1 aliphatic carbocycles. The molecule has 3 rings (SSSR count). The van der Waals surface area contributed by atoms with Gasteiger partial charge in [0, 0.05) is 51.3 Å². The summed E-state index contributed by atoms with van der Waals surface area (Å²) in [7, 11) is 1.98. The number of ether oxygens (including phenoxy) is 2. The zero-order valence-corrected chi connectivity index (χ0v) is 22.7. The van der Waals surface area contributed by atoms with Gasteiger partial charge in [0.25, 0.3) is 0 Å². The van der Waals surface area contributed by atoms with Crippen molar-refractivity contribution >= 4 is 29.9 Å². The Morgan fingerprint density at radius 1 is 1.22 bits per heavy atom. The van der Waals surface area contributed by atoms with Crippen molar-refractivity contribution < 1.29 is 9.47 Å². The molecule has 10 heteroatoms. The molecule has 1 saturated carbocycles. The molecule has 184 valence electrons. The van der Waals surface area contributed by atoms with E-state index in [1.807, 2.05) is 18.5 Å². The van der Waals surface area contributed by atoms with Crippen LogP contribution in [0.15, 0.2) is 4.99 Å². The Kier molecular flexibility index (Phi) is 11.1. The average molecular weight is 564 g/mol. The molecular formula is C22H42IN7O2. The number of rotatable bonds is 10. The molecule has 0 spiro atoms. The summed E-state index contributed by atoms with van der Waals surface area (Å²) in [5.41, 5.74) is 0.157. The lowest BCUT2D eigenvalue weighted by molar-refractivity contribution is -0.133. The second kappa shape index (κ2) is 13.0. The Labute approximate surface area is 210 Å². The Morgan fingerprint density at radius 2 is 1.94 bits per heavy atom. The highest BCUT2D eigenvalue weighted by Gasteiger charge is 2.53. The molecule has 2 aliphatic rings. The second-order valence-corrected chi connectivity index (χ2v) is 8.58. The van der Waals surface area contributed by atoms with E-state index >= 15 is 0 Å². The molecule has 1 saturated heterocycles. The zero-order valence-electron chi connectivity index (χ0n) is 20.4. The normalized spacial score (nSPS) is 23.3. The van der Waals surface area contributed by atoms with Crippen LogP contribution in [0.2, 0.25) is 0 Å². The lowest BCUT2D eigenvalue weighted by Gasteiger charge is -2.55. The number of aliphatic imine (C=N–C) groups is 1. The van der Waals surface area contributed by atoms with Crippen LogP contribution in [0.1, 0.15) is 51.7 Å². The van der Waals surface area contributed by atoms with Gasteiger partial charge in [-0.2, -0.15) is 0 Å². The molecular weight excluding hydrogens is 521 g/mol. The molecule has 2 N–H and O–H groups in total. The summed E-state index contributed by atoms with van der Waals surface area (Å²) < 4.78 is 13.5. The molecule has 2 heterocycles. The third-order valence-electron chi connectivity index (χ3n) is 7.17. The molecule has 2 atom stereocenters. The van der Waals surface area contributed by atoms with Crippen LogP contribution < -0.4 is 10.6 Å². The topological polar surface area (TPSA) is 88.8 Å². The van der Waals surface area contributed by atoms with E-state index in [1.54, 1.807) is 0 Å². The second-order valence-electron chi connectivity index (χ2n) is 8.58. The minimum Gasteiger partial charge on any atom is -0.379 e. The maximum atomic E-state index is 6.06. The lowest BCUT2D eigenvalue weighted by atomic mass is 9.58. The standard InChI is InChI=1S/C22H41N7O2.HI/c1-6-22(7-2)18(15-19(22)31-8-3)25-21(23-9-10-29-11-13-30-14-12-29)24-16-20-27-26-17(4)28(20)5;/h18-19H,6-16H2,1-5H3,(H2,23,24,25);1H. The molecule has 0 amide bonds. The number of halogens is 1. The van der Waals surface area contributed by atoms with Gasteiger partial charge in [-0.1, -0.05) is 13.8 Å². The predicted octanol–water partition coefficient (Wildman–Crippen LogP) is 2.09. The van der Waals surface area contributed by atoms with Crippen LogP contribution in [0.25, 0.3) is 0 Å². The Hall–Kier alpha value is -0.980. The molecule has 2 fully saturated rings. The highest BCUT2D eigenvalue weighted by atomic mass is 127. The van der Waals surface area contributed by atoms with Gasteiger partial charge in [0.1, 0.15) is 12.4 Å². The van der Waals surface area contributed by atoms with Crippen LogP contribution >= 0.6 is 24.0 Å². The molecule has 32 heavy (non-hydrogen) atoms. The van der Waals surface area contributed by atoms with Crippen molar-refractivity contribution in [1.29, 1.82) is 0 Å². The number of aryl methyl sites for hydroxylation is 1. The summed E-state index contributed by atoms with van der Waals surface area (Å²) in [6, 6.07) is 0.356. The van der Waals surface area contributed by atoms with E-state index < -0.39 is 0 Å². The predicted molar refractivity (Wildman–Crippen MR) is 138 cm³/mol. The van der Waals surface area contributed by atoms with Crippen LogP contribution in [-0.4, -0.2) is 83.8 Å². The summed E-state index contributed by atoms with van der Waals surface area (Å²) in [6.45, 7) is 15.3. The van der Waals surface area contributed by atoms with E-state index in [0.29, 0.717) is 18.7 Å². The highest BCUT2D eigenvalue weighted by Crippen LogP contribution is 2.48. The first kappa shape index (κ1) is 27.3. The highest BCUT2D eigenvalue weighted by molar-refractivity contribution is 14.0. The summed E-state index contributed by atoms with van der Waals surface area (Å²) in [5, 5.41) is 15.7. The molecule has 0 aromatic carbocycles. The molecule has 9 nitrogen and oxygen atoms in total. The van der Waals surface area contributed by atoms with E-state index in [2.05, 4.69) is 46.5 Å². The minimum atomic E-state index is 0. The first-order valence-corrected chi connectivity index (χ1v) is 11.8. The van der Waals surface area contributed by atoms with Gasteiger partial charge in [-0.15, -0.1) is 34.2 Å². The maximum absolute atomic E-state index is 6.06. The first-order valence-electron chi connectivity index (χ1n) is 11.8. The van der Waals surface area contributed by atoms with Gasteiger partial charge in [-0.3, -0.25) is 4.90 Å². The number of nitrogens with zero attached hydrogens (tertiary/aromatic N) is 5. The quantitative estimate of drug-likeness (QED) is 0.256. The maximum Gasteiger partial charge on any atom is 0.191 e. The number of aromatic nitrogens is 3. The Bertz CT molecular complexity index is 717. The van der Waals surface area contributed by atoms with Crippen LogP contribution in [0.5, 0.6) is 0 Å². The van der Waals surface area contributed by atoms with Crippen LogP contribution in [0, 0.1) is 12.3 Å². The number of hydrogen-bond donors (Lipinski definition) is 2. The summed E-state index contributed by atoms with van der Waals surface area (Å²) >= 11 is 0. The fourth-order valence-corrected chi connectivity index (χ4v) is 4.80. The zero-order chi connectivity index (χ0) is 22.3. The van der Waals surface area contributed by atoms with Gasteiger partial charge in [-0.05, 0) is 33.1 Å². The Balaban J connectivity index is 0.00000363. The first-order chi connectivity index (χ1) is 15.0. The van der Waals surface area contributed by atoms with Crippen LogP contribution in [-0.2, 0) is 23.1 Å². The summed E-state index contributed by atoms with van der Waals surface area (Å²) in [5.74, 6) is 2.61. The van der Waals surface area contributed by atoms with Gasteiger partial charge < -0.3 is 24.7 Å². The summed E-state index contributed by atoms with van der Waals surface area (Å²) in [4.78, 5) is 7.29. The van der Waals surface area contributed by atoms with E-state index in [-0.39, 0.29) is 29.4 Å². The van der Waals surface area contributed by atoms with Crippen LogP contribution in [0.4, 0.5) is 0 Å². The van der Waals surface area contributed by atoms with Crippen molar-refractivity contribution in [3.8, 4) is 0 Å². The molecule has 1 aliphatic heterocycles. The molecule has 2 unspecified atom stereocenters. The van der Waals surface area contributed by atoms with Crippen molar-refractivity contribution in [2.45, 2.75) is 65.6 Å². The molecule has 1 aromatic rings. The van der Waals surface area contributed by atoms with Gasteiger partial charge in [0.15, 0.2) is 11.8 Å². The van der Waals surface area contributed by atoms with Gasteiger partial charge in [0.2, 0.25) is 0 Å². The fraction of sp³-hybridized carbons (Fsp3) is 0.864. The third-order valence-corrected chi connectivity index (χ3v) is 7.17. The molecule has 1 aromatic heterocycles. The smallest absolute Gasteiger partial charge is 0.191 e. The van der Waals surface area contributed by atoms with E-state index in [9.17, 15) is 0 Å². The number of guanidine groups is 1. The van der Waals surface area contributed by atoms with Crippen molar-refractivity contribution in [3.63, 3.8) is 0 Å². The van der Waals surface area contributed by atoms with E-state index in [1.165, 1.54) is 0 Å². The largest absolute Gasteiger partial charge is 0.379 e. The van der Waals surface area contributed by atoms with Crippen molar-refractivity contribution in [1.82, 2.24) is 30.3 Å². The van der Waals surface area contributed by atoms with Crippen molar-refractivity contribution in [2.24, 2.45) is 17.5 Å². The van der Waals surface area contributed by atoms with E-state index in [4.69, 9.17) is 14.5 Å². The molecule has 0 radical (unpaired) electrons. The monoisotopic (exact) mass is 563 g/mol. The van der Waals surface area contributed by atoms with Gasteiger partial charge in [0.05, 0.1) is 19.3 Å². The number of nitrogens with one attached hydrogen (secondary N) is 2. The average Bonchev–Trinajstić information content (AvgIpc) is 3.10. The van der Waals surface area contributed by atoms with Crippen molar-refractivity contribution in [3.05, 3.63) is 11.6 Å². The van der Waals surface area contributed by atoms with E-state index in [0.717, 1.165) is 82.9 Å². The SMILES string of the molecule is CCOC1CC(NC(=NCc2nnc(C)n2C)NCCN2CCOCC2)C1(CC)CC.I. The number of morpholine rings is 1. The lowest BCUT2D eigenvalue weighted by Crippen LogP contribution is -2.65.